The molecule has 2 aliphatic rings. The zero-order valence-electron chi connectivity index (χ0n) is 16.9. The van der Waals surface area contributed by atoms with Gasteiger partial charge in [0.2, 0.25) is 0 Å². The molecule has 7 nitrogen and oxygen atoms in total. The SMILES string of the molecule is COC(=O)C1CCN(CCOCc2ccccc2)C1.COC(=O)C1CCNC1. The minimum Gasteiger partial charge on any atom is -0.469 e. The quantitative estimate of drug-likeness (QED) is 0.556. The van der Waals surface area contributed by atoms with Crippen molar-refractivity contribution in [3.63, 3.8) is 0 Å². The highest BCUT2D eigenvalue weighted by atomic mass is 16.5. The van der Waals surface area contributed by atoms with Gasteiger partial charge in [-0.1, -0.05) is 30.3 Å². The van der Waals surface area contributed by atoms with Gasteiger partial charge in [0.15, 0.2) is 0 Å². The van der Waals surface area contributed by atoms with E-state index in [9.17, 15) is 9.59 Å². The molecule has 7 heteroatoms. The fourth-order valence-electron chi connectivity index (χ4n) is 3.38. The van der Waals surface area contributed by atoms with Gasteiger partial charge < -0.3 is 24.4 Å². The Morgan fingerprint density at radius 2 is 1.79 bits per heavy atom. The summed E-state index contributed by atoms with van der Waals surface area (Å²) in [6.45, 7) is 5.69. The van der Waals surface area contributed by atoms with Gasteiger partial charge in [-0.05, 0) is 31.5 Å². The Labute approximate surface area is 167 Å². The van der Waals surface area contributed by atoms with Gasteiger partial charge in [0.25, 0.3) is 0 Å². The maximum atomic E-state index is 11.4. The number of rotatable bonds is 7. The Morgan fingerprint density at radius 3 is 2.43 bits per heavy atom. The molecule has 2 saturated heterocycles. The number of carbonyl (C=O) groups is 2. The van der Waals surface area contributed by atoms with E-state index in [1.807, 2.05) is 18.2 Å². The zero-order valence-corrected chi connectivity index (χ0v) is 16.9. The van der Waals surface area contributed by atoms with Crippen LogP contribution in [0.4, 0.5) is 0 Å². The van der Waals surface area contributed by atoms with Crippen molar-refractivity contribution in [3.8, 4) is 0 Å². The third kappa shape index (κ3) is 7.58. The molecule has 0 radical (unpaired) electrons. The van der Waals surface area contributed by atoms with Crippen LogP contribution < -0.4 is 5.32 Å². The fraction of sp³-hybridized carbons (Fsp3) is 0.619. The summed E-state index contributed by atoms with van der Waals surface area (Å²) in [6, 6.07) is 10.1. The van der Waals surface area contributed by atoms with Crippen molar-refractivity contribution < 1.29 is 23.8 Å². The van der Waals surface area contributed by atoms with Gasteiger partial charge in [0.1, 0.15) is 0 Å². The average molecular weight is 392 g/mol. The number of benzene rings is 1. The van der Waals surface area contributed by atoms with Crippen LogP contribution in [0.25, 0.3) is 0 Å². The Kier molecular flexibility index (Phi) is 9.96. The number of hydrogen-bond donors (Lipinski definition) is 1. The molecule has 1 aromatic carbocycles. The predicted molar refractivity (Wildman–Crippen MR) is 106 cm³/mol. The molecule has 0 aromatic heterocycles. The summed E-state index contributed by atoms with van der Waals surface area (Å²) in [5, 5.41) is 3.09. The van der Waals surface area contributed by atoms with Gasteiger partial charge in [0.05, 0.1) is 39.3 Å². The molecule has 2 unspecified atom stereocenters. The first kappa shape index (κ1) is 22.3. The first-order valence-corrected chi connectivity index (χ1v) is 9.84. The van der Waals surface area contributed by atoms with Crippen molar-refractivity contribution >= 4 is 11.9 Å². The maximum absolute atomic E-state index is 11.4. The molecule has 28 heavy (non-hydrogen) atoms. The number of methoxy groups -OCH3 is 2. The van der Waals surface area contributed by atoms with Crippen LogP contribution >= 0.6 is 0 Å². The zero-order chi connectivity index (χ0) is 20.2. The van der Waals surface area contributed by atoms with Crippen molar-refractivity contribution in [1.29, 1.82) is 0 Å². The number of likely N-dealkylation sites (tertiary alicyclic amines) is 1. The van der Waals surface area contributed by atoms with Gasteiger partial charge in [-0.15, -0.1) is 0 Å². The van der Waals surface area contributed by atoms with Crippen LogP contribution in [0.2, 0.25) is 0 Å². The molecule has 1 N–H and O–H groups in total. The van der Waals surface area contributed by atoms with Crippen molar-refractivity contribution in [2.45, 2.75) is 19.4 Å². The van der Waals surface area contributed by atoms with Crippen molar-refractivity contribution in [2.24, 2.45) is 11.8 Å². The molecule has 2 atom stereocenters. The molecule has 0 aliphatic carbocycles. The highest BCUT2D eigenvalue weighted by Gasteiger charge is 2.28. The van der Waals surface area contributed by atoms with E-state index in [2.05, 4.69) is 27.1 Å². The lowest BCUT2D eigenvalue weighted by Crippen LogP contribution is -2.27. The molecular formula is C21H32N2O5. The van der Waals surface area contributed by atoms with Gasteiger partial charge in [0, 0.05) is 19.6 Å². The monoisotopic (exact) mass is 392 g/mol. The van der Waals surface area contributed by atoms with E-state index in [-0.39, 0.29) is 23.8 Å². The molecule has 2 fully saturated rings. The Balaban J connectivity index is 0.000000261. The van der Waals surface area contributed by atoms with E-state index in [1.54, 1.807) is 0 Å². The van der Waals surface area contributed by atoms with Gasteiger partial charge in [-0.3, -0.25) is 9.59 Å². The highest BCUT2D eigenvalue weighted by Crippen LogP contribution is 2.17. The van der Waals surface area contributed by atoms with Crippen molar-refractivity contribution in [3.05, 3.63) is 35.9 Å². The standard InChI is InChI=1S/C15H21NO3.C6H11NO2/c1-18-15(17)14-7-8-16(11-14)9-10-19-12-13-5-3-2-4-6-13;1-9-6(8)5-2-3-7-4-5/h2-6,14H,7-12H2,1H3;5,7H,2-4H2,1H3. The van der Waals surface area contributed by atoms with Crippen LogP contribution in [0, 0.1) is 11.8 Å². The Bertz CT molecular complexity index is 590. The molecule has 0 bridgehead atoms. The van der Waals surface area contributed by atoms with Crippen LogP contribution in [-0.4, -0.2) is 70.4 Å². The van der Waals surface area contributed by atoms with Crippen LogP contribution in [0.15, 0.2) is 30.3 Å². The van der Waals surface area contributed by atoms with Gasteiger partial charge in [-0.25, -0.2) is 0 Å². The molecule has 2 heterocycles. The molecule has 3 rings (SSSR count). The molecule has 1 aromatic rings. The third-order valence-corrected chi connectivity index (χ3v) is 5.07. The lowest BCUT2D eigenvalue weighted by Gasteiger charge is -2.15. The van der Waals surface area contributed by atoms with Crippen molar-refractivity contribution in [2.75, 3.05) is 53.6 Å². The largest absolute Gasteiger partial charge is 0.469 e. The smallest absolute Gasteiger partial charge is 0.310 e. The second kappa shape index (κ2) is 12.5. The minimum absolute atomic E-state index is 0.0409. The van der Waals surface area contributed by atoms with Gasteiger partial charge in [-0.2, -0.15) is 0 Å². The Hall–Kier alpha value is -1.96. The highest BCUT2D eigenvalue weighted by molar-refractivity contribution is 5.73. The first-order valence-electron chi connectivity index (χ1n) is 9.84. The molecule has 0 saturated carbocycles. The maximum Gasteiger partial charge on any atom is 0.310 e. The van der Waals surface area contributed by atoms with Crippen LogP contribution in [0.3, 0.4) is 0 Å². The lowest BCUT2D eigenvalue weighted by atomic mass is 10.1. The molecule has 0 amide bonds. The number of hydrogen-bond acceptors (Lipinski definition) is 7. The number of ether oxygens (including phenoxy) is 3. The molecule has 156 valence electrons. The molecular weight excluding hydrogens is 360 g/mol. The normalized spacial score (nSPS) is 21.6. The van der Waals surface area contributed by atoms with E-state index in [4.69, 9.17) is 9.47 Å². The lowest BCUT2D eigenvalue weighted by molar-refractivity contribution is -0.145. The molecule has 0 spiro atoms. The summed E-state index contributed by atoms with van der Waals surface area (Å²) >= 11 is 0. The van der Waals surface area contributed by atoms with Crippen LogP contribution in [-0.2, 0) is 30.4 Å². The summed E-state index contributed by atoms with van der Waals surface area (Å²) < 4.78 is 15.0. The van der Waals surface area contributed by atoms with E-state index in [0.29, 0.717) is 13.2 Å². The van der Waals surface area contributed by atoms with Crippen LogP contribution in [0.1, 0.15) is 18.4 Å². The third-order valence-electron chi connectivity index (χ3n) is 5.07. The number of nitrogens with one attached hydrogen (secondary N) is 1. The topological polar surface area (TPSA) is 77.1 Å². The molecule has 2 aliphatic heterocycles. The average Bonchev–Trinajstić information content (AvgIpc) is 3.43. The second-order valence-electron chi connectivity index (χ2n) is 7.06. The second-order valence-corrected chi connectivity index (χ2v) is 7.06. The van der Waals surface area contributed by atoms with E-state index in [0.717, 1.165) is 45.6 Å². The summed E-state index contributed by atoms with van der Waals surface area (Å²) in [5.74, 6) is -0.0261. The predicted octanol–water partition coefficient (Wildman–Crippen LogP) is 1.47. The summed E-state index contributed by atoms with van der Waals surface area (Å²) in [5.41, 5.74) is 1.19. The van der Waals surface area contributed by atoms with Crippen molar-refractivity contribution in [1.82, 2.24) is 10.2 Å². The number of nitrogens with zero attached hydrogens (tertiary/aromatic N) is 1. The Morgan fingerprint density at radius 1 is 1.07 bits per heavy atom. The van der Waals surface area contributed by atoms with Crippen LogP contribution in [0.5, 0.6) is 0 Å². The number of esters is 2. The summed E-state index contributed by atoms with van der Waals surface area (Å²) in [7, 11) is 2.88. The number of carbonyl (C=O) groups excluding carboxylic acids is 2. The minimum atomic E-state index is -0.0901. The van der Waals surface area contributed by atoms with Gasteiger partial charge >= 0.3 is 11.9 Å². The fourth-order valence-corrected chi connectivity index (χ4v) is 3.38. The van der Waals surface area contributed by atoms with E-state index < -0.39 is 0 Å². The summed E-state index contributed by atoms with van der Waals surface area (Å²) in [4.78, 5) is 24.4. The first-order chi connectivity index (χ1) is 13.6. The summed E-state index contributed by atoms with van der Waals surface area (Å²) in [6.07, 6.45) is 1.82. The van der Waals surface area contributed by atoms with E-state index >= 15 is 0 Å². The van der Waals surface area contributed by atoms with E-state index in [1.165, 1.54) is 19.8 Å².